The van der Waals surface area contributed by atoms with Gasteiger partial charge < -0.3 is 0 Å². The van der Waals surface area contributed by atoms with Crippen LogP contribution in [0, 0.1) is 20.8 Å². The fourth-order valence-electron chi connectivity index (χ4n) is 4.76. The summed E-state index contributed by atoms with van der Waals surface area (Å²) >= 11 is 7.75. The van der Waals surface area contributed by atoms with Crippen molar-refractivity contribution in [2.45, 2.75) is 51.5 Å². The van der Waals surface area contributed by atoms with Gasteiger partial charge in [-0.15, -0.1) is 0 Å². The Morgan fingerprint density at radius 3 is 2.42 bits per heavy atom. The Morgan fingerprint density at radius 1 is 1.05 bits per heavy atom. The lowest BCUT2D eigenvalue weighted by Crippen LogP contribution is -2.36. The molecule has 5 rings (SSSR count). The first kappa shape index (κ1) is 26.8. The van der Waals surface area contributed by atoms with E-state index in [-0.39, 0.29) is 10.8 Å². The standard InChI is InChI=1S/C27H30ClN5O3S2/c1-18-17-19(2)33(30-18)16-15-32(27-29-25-20(3)23(28)11-12-24(25)37-27)26(34)21-7-9-22(10-8-21)38(35,36)31-13-5-4-6-14-31/h7-12,17H,4-6,13-16H2,1-3H3. The van der Waals surface area contributed by atoms with Crippen LogP contribution in [0.3, 0.4) is 0 Å². The van der Waals surface area contributed by atoms with E-state index in [1.807, 2.05) is 43.7 Å². The molecule has 0 aliphatic carbocycles. The summed E-state index contributed by atoms with van der Waals surface area (Å²) in [6, 6.07) is 12.0. The van der Waals surface area contributed by atoms with Crippen LogP contribution in [0.4, 0.5) is 5.13 Å². The average molecular weight is 572 g/mol. The van der Waals surface area contributed by atoms with Gasteiger partial charge in [-0.3, -0.25) is 14.4 Å². The number of anilines is 1. The van der Waals surface area contributed by atoms with Gasteiger partial charge in [0.25, 0.3) is 5.91 Å². The van der Waals surface area contributed by atoms with Gasteiger partial charge in [0.2, 0.25) is 10.0 Å². The summed E-state index contributed by atoms with van der Waals surface area (Å²) in [4.78, 5) is 20.5. The van der Waals surface area contributed by atoms with E-state index in [0.29, 0.717) is 41.9 Å². The van der Waals surface area contributed by atoms with Crippen LogP contribution >= 0.6 is 22.9 Å². The van der Waals surface area contributed by atoms with Crippen molar-refractivity contribution >= 4 is 54.2 Å². The minimum atomic E-state index is -3.58. The van der Waals surface area contributed by atoms with E-state index >= 15 is 0 Å². The number of thiazole rings is 1. The van der Waals surface area contributed by atoms with Crippen LogP contribution in [0.2, 0.25) is 5.02 Å². The van der Waals surface area contributed by atoms with Gasteiger partial charge in [-0.1, -0.05) is 29.4 Å². The van der Waals surface area contributed by atoms with Crippen molar-refractivity contribution in [2.24, 2.45) is 0 Å². The Bertz CT molecular complexity index is 1590. The zero-order valence-corrected chi connectivity index (χ0v) is 24.0. The van der Waals surface area contributed by atoms with Gasteiger partial charge in [-0.2, -0.15) is 9.40 Å². The van der Waals surface area contributed by atoms with E-state index in [4.69, 9.17) is 16.6 Å². The molecule has 4 aromatic rings. The summed E-state index contributed by atoms with van der Waals surface area (Å²) in [6.07, 6.45) is 2.78. The lowest BCUT2D eigenvalue weighted by atomic mass is 10.2. The van der Waals surface area contributed by atoms with E-state index < -0.39 is 10.0 Å². The fourth-order valence-corrected chi connectivity index (χ4v) is 7.48. The number of benzene rings is 2. The Hall–Kier alpha value is -2.79. The first-order valence-electron chi connectivity index (χ1n) is 12.6. The second kappa shape index (κ2) is 10.8. The Morgan fingerprint density at radius 2 is 1.76 bits per heavy atom. The maximum atomic E-state index is 13.8. The molecule has 1 aliphatic rings. The van der Waals surface area contributed by atoms with Crippen molar-refractivity contribution in [3.05, 3.63) is 70.0 Å². The van der Waals surface area contributed by atoms with E-state index in [0.717, 1.165) is 46.4 Å². The Balaban J connectivity index is 1.46. The largest absolute Gasteiger partial charge is 0.282 e. The molecule has 0 saturated carbocycles. The number of hydrogen-bond acceptors (Lipinski definition) is 6. The molecule has 200 valence electrons. The van der Waals surface area contributed by atoms with Crippen molar-refractivity contribution in [3.8, 4) is 0 Å². The van der Waals surface area contributed by atoms with Crippen molar-refractivity contribution < 1.29 is 13.2 Å². The lowest BCUT2D eigenvalue weighted by Gasteiger charge is -2.26. The highest BCUT2D eigenvalue weighted by atomic mass is 35.5. The molecule has 0 spiro atoms. The molecule has 3 heterocycles. The molecular formula is C27H30ClN5O3S2. The number of carbonyl (C=O) groups excluding carboxylic acids is 1. The first-order valence-corrected chi connectivity index (χ1v) is 15.3. The molecule has 0 bridgehead atoms. The molecule has 2 aromatic heterocycles. The van der Waals surface area contributed by atoms with Gasteiger partial charge in [-0.25, -0.2) is 13.4 Å². The van der Waals surface area contributed by atoms with Gasteiger partial charge in [0.1, 0.15) is 0 Å². The molecule has 1 fully saturated rings. The van der Waals surface area contributed by atoms with Crippen LogP contribution in [0.15, 0.2) is 47.4 Å². The predicted octanol–water partition coefficient (Wildman–Crippen LogP) is 5.59. The SMILES string of the molecule is Cc1cc(C)n(CCN(C(=O)c2ccc(S(=O)(=O)N3CCCCC3)cc2)c2nc3c(C)c(Cl)ccc3s2)n1. The Labute approximate surface area is 231 Å². The molecule has 1 aliphatic heterocycles. The van der Waals surface area contributed by atoms with Gasteiger partial charge in [-0.05, 0) is 81.6 Å². The number of rotatable bonds is 7. The molecule has 0 unspecified atom stereocenters. The molecule has 0 atom stereocenters. The number of aromatic nitrogens is 3. The van der Waals surface area contributed by atoms with Crippen molar-refractivity contribution in [1.29, 1.82) is 0 Å². The normalized spacial score (nSPS) is 14.7. The highest BCUT2D eigenvalue weighted by Gasteiger charge is 2.27. The number of nitrogens with zero attached hydrogens (tertiary/aromatic N) is 5. The van der Waals surface area contributed by atoms with Gasteiger partial charge in [0.05, 0.1) is 27.4 Å². The lowest BCUT2D eigenvalue weighted by molar-refractivity contribution is 0.0985. The average Bonchev–Trinajstić information content (AvgIpc) is 3.49. The van der Waals surface area contributed by atoms with E-state index in [2.05, 4.69) is 5.10 Å². The molecule has 1 amide bonds. The number of halogens is 1. The molecular weight excluding hydrogens is 542 g/mol. The number of hydrogen-bond donors (Lipinski definition) is 0. The smallest absolute Gasteiger partial charge is 0.260 e. The molecule has 8 nitrogen and oxygen atoms in total. The number of fused-ring (bicyclic) bond motifs is 1. The molecule has 38 heavy (non-hydrogen) atoms. The van der Waals surface area contributed by atoms with Gasteiger partial charge in [0, 0.05) is 35.9 Å². The number of sulfonamides is 1. The van der Waals surface area contributed by atoms with Crippen molar-refractivity contribution in [3.63, 3.8) is 0 Å². The summed E-state index contributed by atoms with van der Waals surface area (Å²) < 4.78 is 30.5. The van der Waals surface area contributed by atoms with Crippen LogP contribution in [-0.4, -0.2) is 53.0 Å². The zero-order chi connectivity index (χ0) is 27.0. The van der Waals surface area contributed by atoms with E-state index in [1.54, 1.807) is 17.0 Å². The van der Waals surface area contributed by atoms with Gasteiger partial charge in [0.15, 0.2) is 5.13 Å². The summed E-state index contributed by atoms with van der Waals surface area (Å²) in [6.45, 7) is 7.73. The summed E-state index contributed by atoms with van der Waals surface area (Å²) in [5.74, 6) is -0.253. The van der Waals surface area contributed by atoms with Crippen molar-refractivity contribution in [2.75, 3.05) is 24.5 Å². The fraction of sp³-hybridized carbons (Fsp3) is 0.370. The summed E-state index contributed by atoms with van der Waals surface area (Å²) in [7, 11) is -3.58. The van der Waals surface area contributed by atoms with Crippen LogP contribution in [0.1, 0.15) is 46.6 Å². The van der Waals surface area contributed by atoms with Crippen LogP contribution in [-0.2, 0) is 16.6 Å². The Kier molecular flexibility index (Phi) is 7.59. The summed E-state index contributed by atoms with van der Waals surface area (Å²) in [5.41, 5.74) is 3.95. The third-order valence-corrected chi connectivity index (χ3v) is 10.3. The van der Waals surface area contributed by atoms with Crippen LogP contribution in [0.25, 0.3) is 10.2 Å². The van der Waals surface area contributed by atoms with Crippen molar-refractivity contribution in [1.82, 2.24) is 19.1 Å². The second-order valence-electron chi connectivity index (χ2n) is 9.61. The van der Waals surface area contributed by atoms with Crippen LogP contribution in [0.5, 0.6) is 0 Å². The molecule has 0 radical (unpaired) electrons. The van der Waals surface area contributed by atoms with Crippen LogP contribution < -0.4 is 4.90 Å². The monoisotopic (exact) mass is 571 g/mol. The number of amides is 1. The zero-order valence-electron chi connectivity index (χ0n) is 21.6. The maximum Gasteiger partial charge on any atom is 0.260 e. The second-order valence-corrected chi connectivity index (χ2v) is 13.0. The molecule has 0 N–H and O–H groups in total. The highest BCUT2D eigenvalue weighted by molar-refractivity contribution is 7.89. The molecule has 1 saturated heterocycles. The molecule has 2 aromatic carbocycles. The quantitative estimate of drug-likeness (QED) is 0.288. The van der Waals surface area contributed by atoms with E-state index in [1.165, 1.54) is 27.8 Å². The van der Waals surface area contributed by atoms with Gasteiger partial charge >= 0.3 is 0 Å². The number of carbonyl (C=O) groups is 1. The third kappa shape index (κ3) is 5.22. The number of aryl methyl sites for hydroxylation is 3. The van der Waals surface area contributed by atoms with E-state index in [9.17, 15) is 13.2 Å². The minimum absolute atomic E-state index is 0.204. The maximum absolute atomic E-state index is 13.8. The third-order valence-electron chi connectivity index (χ3n) is 6.91. The first-order chi connectivity index (χ1) is 18.1. The predicted molar refractivity (Wildman–Crippen MR) is 152 cm³/mol. The highest BCUT2D eigenvalue weighted by Crippen LogP contribution is 2.34. The summed E-state index contributed by atoms with van der Waals surface area (Å²) in [5, 5.41) is 5.71. The number of piperidine rings is 1. The minimum Gasteiger partial charge on any atom is -0.282 e. The topological polar surface area (TPSA) is 88.4 Å². The molecule has 11 heteroatoms.